The first-order chi connectivity index (χ1) is 7.55. The average Bonchev–Trinajstić information content (AvgIpc) is 2.11. The lowest BCUT2D eigenvalue weighted by atomic mass is 9.88. The number of carbonyl (C=O) groups excluding carboxylic acids is 1. The summed E-state index contributed by atoms with van der Waals surface area (Å²) in [5, 5.41) is 9.26. The highest BCUT2D eigenvalue weighted by Gasteiger charge is 2.59. The van der Waals surface area contributed by atoms with E-state index in [9.17, 15) is 14.7 Å². The molecule has 1 aliphatic heterocycles. The van der Waals surface area contributed by atoms with E-state index in [-0.39, 0.29) is 16.9 Å². The number of rotatable bonds is 3. The number of carboxylic acids is 1. The molecule has 0 radical (unpaired) electrons. The minimum absolute atomic E-state index is 0.0188. The van der Waals surface area contributed by atoms with Crippen LogP contribution in [0.1, 0.15) is 34.1 Å². The molecule has 1 saturated heterocycles. The van der Waals surface area contributed by atoms with Gasteiger partial charge in [-0.1, -0.05) is 40.8 Å². The fourth-order valence-corrected chi connectivity index (χ4v) is 4.64. The van der Waals surface area contributed by atoms with Gasteiger partial charge in [-0.3, -0.25) is 4.79 Å². The fraction of sp³-hybridized carbons (Fsp3) is 0.833. The predicted octanol–water partition coefficient (Wildman–Crippen LogP) is 2.31. The molecule has 98 valence electrons. The number of carboxylic acid groups (broad SMARTS) is 1. The molecule has 1 rings (SSSR count). The fourth-order valence-electron chi connectivity index (χ4n) is 2.21. The van der Waals surface area contributed by atoms with Crippen LogP contribution in [0.4, 0.5) is 0 Å². The molecule has 0 unspecified atom stereocenters. The Labute approximate surface area is 104 Å². The van der Waals surface area contributed by atoms with E-state index in [1.165, 1.54) is 0 Å². The van der Waals surface area contributed by atoms with Crippen LogP contribution in [0.3, 0.4) is 0 Å². The SMILES string of the molecule is CC[C@H]1C(=O)N([Si](C)(C)C(C)(C)C)[C@@H]1C(=O)O. The van der Waals surface area contributed by atoms with Crippen LogP contribution >= 0.6 is 0 Å². The van der Waals surface area contributed by atoms with E-state index in [4.69, 9.17) is 0 Å². The van der Waals surface area contributed by atoms with Gasteiger partial charge >= 0.3 is 5.97 Å². The number of carbonyl (C=O) groups is 2. The first-order valence-electron chi connectivity index (χ1n) is 6.11. The van der Waals surface area contributed by atoms with Gasteiger partial charge in [-0.25, -0.2) is 4.79 Å². The van der Waals surface area contributed by atoms with Crippen LogP contribution in [0.5, 0.6) is 0 Å². The lowest BCUT2D eigenvalue weighted by Gasteiger charge is -2.56. The van der Waals surface area contributed by atoms with Crippen molar-refractivity contribution >= 4 is 20.1 Å². The molecule has 0 spiro atoms. The molecule has 1 aliphatic rings. The molecule has 0 aliphatic carbocycles. The zero-order valence-electron chi connectivity index (χ0n) is 11.6. The van der Waals surface area contributed by atoms with E-state index < -0.39 is 20.2 Å². The summed E-state index contributed by atoms with van der Waals surface area (Å²) in [5.41, 5.74) is 0. The topological polar surface area (TPSA) is 57.6 Å². The number of β-lactam (4-membered cyclic amide) rings is 1. The van der Waals surface area contributed by atoms with Crippen LogP contribution < -0.4 is 0 Å². The molecule has 0 aromatic rings. The summed E-state index contributed by atoms with van der Waals surface area (Å²) in [4.78, 5) is 23.4. The molecule has 1 fully saturated rings. The van der Waals surface area contributed by atoms with Gasteiger partial charge in [0.15, 0.2) is 8.24 Å². The average molecular weight is 257 g/mol. The smallest absolute Gasteiger partial charge is 0.326 e. The van der Waals surface area contributed by atoms with Gasteiger partial charge in [0, 0.05) is 0 Å². The maximum Gasteiger partial charge on any atom is 0.326 e. The van der Waals surface area contributed by atoms with E-state index in [2.05, 4.69) is 33.9 Å². The molecule has 5 heteroatoms. The molecule has 1 heterocycles. The standard InChI is InChI=1S/C12H23NO3Si/c1-7-8-9(11(15)16)13(10(8)14)17(5,6)12(2,3)4/h8-9H,7H2,1-6H3,(H,15,16)/t8-,9+/m1/s1. The van der Waals surface area contributed by atoms with Crippen molar-refractivity contribution in [2.24, 2.45) is 5.92 Å². The Kier molecular flexibility index (Phi) is 3.45. The maximum absolute atomic E-state index is 12.1. The zero-order chi connectivity index (χ0) is 13.6. The quantitative estimate of drug-likeness (QED) is 0.623. The van der Waals surface area contributed by atoms with Crippen LogP contribution in [-0.2, 0) is 9.59 Å². The Morgan fingerprint density at radius 2 is 1.88 bits per heavy atom. The van der Waals surface area contributed by atoms with Crippen molar-refractivity contribution in [3.63, 3.8) is 0 Å². The Morgan fingerprint density at radius 1 is 1.41 bits per heavy atom. The Hall–Kier alpha value is -0.843. The highest BCUT2D eigenvalue weighted by atomic mass is 28.3. The van der Waals surface area contributed by atoms with Gasteiger partial charge in [0.1, 0.15) is 6.04 Å². The van der Waals surface area contributed by atoms with Crippen molar-refractivity contribution in [1.82, 2.24) is 4.57 Å². The molecule has 1 amide bonds. The highest BCUT2D eigenvalue weighted by Crippen LogP contribution is 2.45. The van der Waals surface area contributed by atoms with E-state index in [0.717, 1.165) is 0 Å². The number of nitrogens with zero attached hydrogens (tertiary/aromatic N) is 1. The summed E-state index contributed by atoms with van der Waals surface area (Å²) in [7, 11) is -2.07. The first-order valence-corrected chi connectivity index (χ1v) is 9.06. The van der Waals surface area contributed by atoms with Gasteiger partial charge in [0.05, 0.1) is 5.92 Å². The third-order valence-corrected chi connectivity index (χ3v) is 9.72. The molecule has 0 aromatic carbocycles. The molecule has 0 saturated carbocycles. The second-order valence-corrected chi connectivity index (χ2v) is 11.4. The van der Waals surface area contributed by atoms with Gasteiger partial charge < -0.3 is 9.67 Å². The summed E-state index contributed by atoms with van der Waals surface area (Å²) in [6.45, 7) is 12.3. The summed E-state index contributed by atoms with van der Waals surface area (Å²) in [6.07, 6.45) is 0.612. The Morgan fingerprint density at radius 3 is 2.18 bits per heavy atom. The summed E-state index contributed by atoms with van der Waals surface area (Å²) >= 11 is 0. The largest absolute Gasteiger partial charge is 0.480 e. The monoisotopic (exact) mass is 257 g/mol. The molecule has 2 atom stereocenters. The van der Waals surface area contributed by atoms with E-state index >= 15 is 0 Å². The molecular formula is C12H23NO3Si. The summed E-state index contributed by atoms with van der Waals surface area (Å²) < 4.78 is 1.68. The van der Waals surface area contributed by atoms with Crippen molar-refractivity contribution in [2.45, 2.75) is 58.3 Å². The summed E-state index contributed by atoms with van der Waals surface area (Å²) in [6, 6.07) is -0.603. The minimum Gasteiger partial charge on any atom is -0.480 e. The van der Waals surface area contributed by atoms with Crippen LogP contribution in [0, 0.1) is 5.92 Å². The van der Waals surface area contributed by atoms with Gasteiger partial charge in [0.25, 0.3) is 0 Å². The second-order valence-electron chi connectivity index (χ2n) is 6.32. The van der Waals surface area contributed by atoms with E-state index in [1.54, 1.807) is 4.57 Å². The Bertz CT molecular complexity index is 346. The lowest BCUT2D eigenvalue weighted by Crippen LogP contribution is -2.74. The molecule has 4 nitrogen and oxygen atoms in total. The van der Waals surface area contributed by atoms with Crippen LogP contribution in [0.2, 0.25) is 18.1 Å². The molecule has 1 N–H and O–H groups in total. The molecule has 0 aromatic heterocycles. The number of amides is 1. The van der Waals surface area contributed by atoms with Crippen molar-refractivity contribution < 1.29 is 14.7 Å². The number of hydrogen-bond acceptors (Lipinski definition) is 2. The molecule has 0 bridgehead atoms. The van der Waals surface area contributed by atoms with Crippen LogP contribution in [0.15, 0.2) is 0 Å². The lowest BCUT2D eigenvalue weighted by molar-refractivity contribution is -0.164. The van der Waals surface area contributed by atoms with Gasteiger partial charge in [-0.15, -0.1) is 0 Å². The first kappa shape index (κ1) is 14.2. The van der Waals surface area contributed by atoms with E-state index in [1.807, 2.05) is 6.92 Å². The van der Waals surface area contributed by atoms with Crippen molar-refractivity contribution in [3.05, 3.63) is 0 Å². The molecular weight excluding hydrogens is 234 g/mol. The van der Waals surface area contributed by atoms with Gasteiger partial charge in [-0.2, -0.15) is 0 Å². The number of hydrogen-bond donors (Lipinski definition) is 1. The van der Waals surface area contributed by atoms with Crippen molar-refractivity contribution in [2.75, 3.05) is 0 Å². The van der Waals surface area contributed by atoms with Gasteiger partial charge in [0.2, 0.25) is 5.91 Å². The normalized spacial score (nSPS) is 25.8. The van der Waals surface area contributed by atoms with Crippen molar-refractivity contribution in [1.29, 1.82) is 0 Å². The highest BCUT2D eigenvalue weighted by molar-refractivity contribution is 6.80. The van der Waals surface area contributed by atoms with Gasteiger partial charge in [-0.05, 0) is 11.5 Å². The third-order valence-electron chi connectivity index (χ3n) is 4.34. The summed E-state index contributed by atoms with van der Waals surface area (Å²) in [5.74, 6) is -1.14. The Balaban J connectivity index is 3.07. The van der Waals surface area contributed by atoms with E-state index in [0.29, 0.717) is 6.42 Å². The van der Waals surface area contributed by atoms with Crippen molar-refractivity contribution in [3.8, 4) is 0 Å². The van der Waals surface area contributed by atoms with Crippen LogP contribution in [0.25, 0.3) is 0 Å². The zero-order valence-corrected chi connectivity index (χ0v) is 12.6. The molecule has 17 heavy (non-hydrogen) atoms. The number of aliphatic carboxylic acids is 1. The van der Waals surface area contributed by atoms with Crippen LogP contribution in [-0.4, -0.2) is 35.8 Å². The second kappa shape index (κ2) is 4.12. The third kappa shape index (κ3) is 2.01. The minimum atomic E-state index is -2.07. The maximum atomic E-state index is 12.1. The predicted molar refractivity (Wildman–Crippen MR) is 69.2 cm³/mol.